The zero-order valence-electron chi connectivity index (χ0n) is 13.7. The Morgan fingerprint density at radius 1 is 1.35 bits per heavy atom. The average molecular weight is 336 g/mol. The summed E-state index contributed by atoms with van der Waals surface area (Å²) in [5.74, 6) is 0.927. The third-order valence-corrected chi connectivity index (χ3v) is 5.26. The lowest BCUT2D eigenvalue weighted by atomic mass is 10.3. The molecule has 1 aliphatic carbocycles. The number of thioether (sulfide) groups is 1. The fourth-order valence-electron chi connectivity index (χ4n) is 2.56. The highest BCUT2D eigenvalue weighted by atomic mass is 32.2. The maximum absolute atomic E-state index is 12.1. The summed E-state index contributed by atoms with van der Waals surface area (Å²) < 4.78 is 5.12. The van der Waals surface area contributed by atoms with E-state index in [1.54, 1.807) is 38.1 Å². The second-order valence-corrected chi connectivity index (χ2v) is 7.04. The Hall–Kier alpha value is -1.69. The predicted molar refractivity (Wildman–Crippen MR) is 94.0 cm³/mol. The van der Waals surface area contributed by atoms with Gasteiger partial charge in [-0.1, -0.05) is 18.9 Å². The number of nitrogens with one attached hydrogen (secondary N) is 1. The fraction of sp³-hybridized carbons (Fsp3) is 0.529. The third kappa shape index (κ3) is 5.78. The number of likely N-dealkylation sites (N-methyl/N-ethyl adjacent to an activating group) is 1. The van der Waals surface area contributed by atoms with Gasteiger partial charge >= 0.3 is 0 Å². The van der Waals surface area contributed by atoms with Gasteiger partial charge in [-0.2, -0.15) is 0 Å². The van der Waals surface area contributed by atoms with Crippen molar-refractivity contribution in [3.63, 3.8) is 0 Å². The van der Waals surface area contributed by atoms with Gasteiger partial charge in [0.25, 0.3) is 0 Å². The molecule has 0 radical (unpaired) electrons. The standard InChI is InChI=1S/C17H24N2O3S/c1-19(17(21)12-23-15-8-3-4-9-15)11-16(20)18-13-6-5-7-14(10-13)22-2/h5-7,10,15H,3-4,8-9,11-12H2,1-2H3,(H,18,20). The lowest BCUT2D eigenvalue weighted by Crippen LogP contribution is -2.36. The quantitative estimate of drug-likeness (QED) is 0.832. The SMILES string of the molecule is COc1cccc(NC(=O)CN(C)C(=O)CSC2CCCC2)c1. The fourth-order valence-corrected chi connectivity index (χ4v) is 3.82. The van der Waals surface area contributed by atoms with Crippen LogP contribution in [0.25, 0.3) is 0 Å². The summed E-state index contributed by atoms with van der Waals surface area (Å²) >= 11 is 1.72. The van der Waals surface area contributed by atoms with E-state index < -0.39 is 0 Å². The van der Waals surface area contributed by atoms with Crippen molar-refractivity contribution < 1.29 is 14.3 Å². The first-order valence-electron chi connectivity index (χ1n) is 7.88. The first kappa shape index (κ1) is 17.7. The number of anilines is 1. The average Bonchev–Trinajstić information content (AvgIpc) is 3.06. The molecule has 5 nitrogen and oxygen atoms in total. The first-order valence-corrected chi connectivity index (χ1v) is 8.93. The van der Waals surface area contributed by atoms with Crippen LogP contribution in [0.5, 0.6) is 5.75 Å². The number of carbonyl (C=O) groups is 2. The highest BCUT2D eigenvalue weighted by Gasteiger charge is 2.19. The molecular weight excluding hydrogens is 312 g/mol. The van der Waals surface area contributed by atoms with Crippen LogP contribution >= 0.6 is 11.8 Å². The van der Waals surface area contributed by atoms with Crippen molar-refractivity contribution in [1.29, 1.82) is 0 Å². The van der Waals surface area contributed by atoms with E-state index in [0.29, 0.717) is 22.4 Å². The Kier molecular flexibility index (Phi) is 6.77. The summed E-state index contributed by atoms with van der Waals surface area (Å²) in [4.78, 5) is 25.6. The van der Waals surface area contributed by atoms with Crippen LogP contribution in [-0.4, -0.2) is 48.4 Å². The number of carbonyl (C=O) groups excluding carboxylic acids is 2. The summed E-state index contributed by atoms with van der Waals surface area (Å²) in [6.45, 7) is 0.0568. The molecule has 0 heterocycles. The van der Waals surface area contributed by atoms with Gasteiger partial charge in [0.05, 0.1) is 19.4 Å². The second kappa shape index (κ2) is 8.82. The van der Waals surface area contributed by atoms with Gasteiger partial charge in [-0.25, -0.2) is 0 Å². The van der Waals surface area contributed by atoms with Crippen molar-refractivity contribution in [2.24, 2.45) is 0 Å². The molecule has 2 rings (SSSR count). The van der Waals surface area contributed by atoms with Gasteiger partial charge in [-0.15, -0.1) is 11.8 Å². The van der Waals surface area contributed by atoms with Crippen molar-refractivity contribution in [2.45, 2.75) is 30.9 Å². The van der Waals surface area contributed by atoms with Crippen LogP contribution in [0.2, 0.25) is 0 Å². The number of hydrogen-bond donors (Lipinski definition) is 1. The number of methoxy groups -OCH3 is 1. The van der Waals surface area contributed by atoms with Crippen LogP contribution in [0, 0.1) is 0 Å². The van der Waals surface area contributed by atoms with Crippen LogP contribution in [-0.2, 0) is 9.59 Å². The molecule has 0 unspecified atom stereocenters. The normalized spacial score (nSPS) is 14.5. The number of hydrogen-bond acceptors (Lipinski definition) is 4. The topological polar surface area (TPSA) is 58.6 Å². The zero-order valence-corrected chi connectivity index (χ0v) is 14.5. The number of ether oxygens (including phenoxy) is 1. The molecule has 1 fully saturated rings. The second-order valence-electron chi connectivity index (χ2n) is 5.75. The van der Waals surface area contributed by atoms with E-state index in [0.717, 1.165) is 0 Å². The molecule has 0 spiro atoms. The van der Waals surface area contributed by atoms with Gasteiger partial charge in [0, 0.05) is 24.1 Å². The molecule has 6 heteroatoms. The molecule has 1 aromatic rings. The Bertz CT molecular complexity index is 544. The predicted octanol–water partition coefficient (Wildman–Crippen LogP) is 2.77. The van der Waals surface area contributed by atoms with E-state index in [2.05, 4.69) is 5.32 Å². The molecule has 1 saturated carbocycles. The van der Waals surface area contributed by atoms with Gasteiger partial charge in [-0.3, -0.25) is 9.59 Å². The molecule has 0 aromatic heterocycles. The van der Waals surface area contributed by atoms with Gasteiger partial charge < -0.3 is 15.0 Å². The lowest BCUT2D eigenvalue weighted by Gasteiger charge is -2.18. The molecule has 0 aliphatic heterocycles. The van der Waals surface area contributed by atoms with E-state index in [-0.39, 0.29) is 18.4 Å². The number of nitrogens with zero attached hydrogens (tertiary/aromatic N) is 1. The van der Waals surface area contributed by atoms with Gasteiger partial charge in [0.2, 0.25) is 11.8 Å². The van der Waals surface area contributed by atoms with Crippen molar-refractivity contribution in [3.05, 3.63) is 24.3 Å². The highest BCUT2D eigenvalue weighted by molar-refractivity contribution is 8.00. The molecule has 1 N–H and O–H groups in total. The number of amides is 2. The monoisotopic (exact) mass is 336 g/mol. The summed E-state index contributed by atoms with van der Waals surface area (Å²) in [7, 11) is 3.25. The van der Waals surface area contributed by atoms with Gasteiger partial charge in [0.1, 0.15) is 5.75 Å². The lowest BCUT2D eigenvalue weighted by molar-refractivity contribution is -0.131. The molecule has 1 aliphatic rings. The number of rotatable bonds is 7. The Morgan fingerprint density at radius 3 is 2.78 bits per heavy atom. The molecular formula is C17H24N2O3S. The summed E-state index contributed by atoms with van der Waals surface area (Å²) in [5.41, 5.74) is 0.663. The van der Waals surface area contributed by atoms with Crippen LogP contribution < -0.4 is 10.1 Å². The largest absolute Gasteiger partial charge is 0.497 e. The maximum atomic E-state index is 12.1. The number of benzene rings is 1. The van der Waals surface area contributed by atoms with Gasteiger partial charge in [-0.05, 0) is 25.0 Å². The van der Waals surface area contributed by atoms with E-state index in [1.165, 1.54) is 30.6 Å². The summed E-state index contributed by atoms with van der Waals surface area (Å²) in [6.07, 6.45) is 4.95. The van der Waals surface area contributed by atoms with Crippen LogP contribution in [0.1, 0.15) is 25.7 Å². The molecule has 0 saturated heterocycles. The van der Waals surface area contributed by atoms with Crippen LogP contribution in [0.3, 0.4) is 0 Å². The first-order chi connectivity index (χ1) is 11.1. The molecule has 0 atom stereocenters. The van der Waals surface area contributed by atoms with E-state index in [9.17, 15) is 9.59 Å². The van der Waals surface area contributed by atoms with Crippen LogP contribution in [0.15, 0.2) is 24.3 Å². The smallest absolute Gasteiger partial charge is 0.243 e. The van der Waals surface area contributed by atoms with E-state index >= 15 is 0 Å². The minimum Gasteiger partial charge on any atom is -0.497 e. The molecule has 126 valence electrons. The van der Waals surface area contributed by atoms with Crippen molar-refractivity contribution in [2.75, 3.05) is 31.8 Å². The highest BCUT2D eigenvalue weighted by Crippen LogP contribution is 2.29. The van der Waals surface area contributed by atoms with Crippen LogP contribution in [0.4, 0.5) is 5.69 Å². The zero-order chi connectivity index (χ0) is 16.7. The molecule has 0 bridgehead atoms. The van der Waals surface area contributed by atoms with Crippen molar-refractivity contribution >= 4 is 29.3 Å². The molecule has 2 amide bonds. The summed E-state index contributed by atoms with van der Waals surface area (Å²) in [5, 5.41) is 3.39. The summed E-state index contributed by atoms with van der Waals surface area (Å²) in [6, 6.07) is 7.15. The minimum absolute atomic E-state index is 0.00249. The maximum Gasteiger partial charge on any atom is 0.243 e. The van der Waals surface area contributed by atoms with E-state index in [1.807, 2.05) is 12.1 Å². The minimum atomic E-state index is -0.208. The molecule has 1 aromatic carbocycles. The Morgan fingerprint density at radius 2 is 2.09 bits per heavy atom. The third-order valence-electron chi connectivity index (χ3n) is 3.90. The van der Waals surface area contributed by atoms with Crippen molar-refractivity contribution in [1.82, 2.24) is 4.90 Å². The molecule has 23 heavy (non-hydrogen) atoms. The Labute approximate surface area is 141 Å². The van der Waals surface area contributed by atoms with E-state index in [4.69, 9.17) is 4.74 Å². The Balaban J connectivity index is 1.75. The van der Waals surface area contributed by atoms with Crippen molar-refractivity contribution in [3.8, 4) is 5.75 Å². The van der Waals surface area contributed by atoms with Gasteiger partial charge in [0.15, 0.2) is 0 Å².